The summed E-state index contributed by atoms with van der Waals surface area (Å²) in [6, 6.07) is 0. The van der Waals surface area contributed by atoms with Crippen LogP contribution in [0.3, 0.4) is 0 Å². The summed E-state index contributed by atoms with van der Waals surface area (Å²) < 4.78 is 0. The minimum absolute atomic E-state index is 0.0449. The normalized spacial score (nSPS) is 32.7. The molecule has 0 unspecified atom stereocenters. The average Bonchev–Trinajstić information content (AvgIpc) is 2.86. The molecule has 2 rings (SSSR count). The Kier molecular flexibility index (Phi) is 5.08. The summed E-state index contributed by atoms with van der Waals surface area (Å²) in [4.78, 5) is 18.5. The van der Waals surface area contributed by atoms with Gasteiger partial charge >= 0.3 is 0 Å². The molecule has 0 radical (unpaired) electrons. The Bertz CT molecular complexity index is 517. The van der Waals surface area contributed by atoms with Crippen LogP contribution in [0.4, 0.5) is 0 Å². The van der Waals surface area contributed by atoms with E-state index < -0.39 is 0 Å². The predicted octanol–water partition coefficient (Wildman–Crippen LogP) is 2.37. The van der Waals surface area contributed by atoms with Crippen molar-refractivity contribution in [3.63, 3.8) is 0 Å². The number of carbonyl (C=O) groups is 1. The number of hydrogen-bond acceptors (Lipinski definition) is 3. The van der Waals surface area contributed by atoms with Gasteiger partial charge in [0.05, 0.1) is 11.2 Å². The van der Waals surface area contributed by atoms with Crippen molar-refractivity contribution in [3.8, 4) is 12.3 Å². The first-order chi connectivity index (χ1) is 10.5. The van der Waals surface area contributed by atoms with Crippen LogP contribution >= 0.6 is 0 Å². The first-order valence-corrected chi connectivity index (χ1v) is 8.05. The first kappa shape index (κ1) is 16.8. The van der Waals surface area contributed by atoms with Gasteiger partial charge < -0.3 is 5.32 Å². The molecule has 4 nitrogen and oxygen atoms in total. The van der Waals surface area contributed by atoms with Crippen molar-refractivity contribution in [2.45, 2.75) is 51.0 Å². The van der Waals surface area contributed by atoms with Crippen LogP contribution in [0.2, 0.25) is 0 Å². The highest BCUT2D eigenvalue weighted by molar-refractivity contribution is 5.79. The average molecular weight is 301 g/mol. The second kappa shape index (κ2) is 6.66. The SMILES string of the molecule is C#CCC=N/C(=C\C)C1(N(C)C)CCC2(CC1)CNC(=O)C2. The fraction of sp³-hybridized carbons (Fsp3) is 0.667. The number of carbonyl (C=O) groups excluding carboxylic acids is 1. The van der Waals surface area contributed by atoms with Gasteiger partial charge in [-0.2, -0.15) is 0 Å². The zero-order valence-electron chi connectivity index (χ0n) is 14.0. The number of hydrogen-bond donors (Lipinski definition) is 1. The standard InChI is InChI=1S/C18H27N3O/c1-5-7-12-19-15(6-2)18(21(3)4)10-8-17(9-11-18)13-16(22)20-14-17/h1,6,12H,7-11,13-14H2,2-4H3,(H,20,22)/b15-6-,19-12?. The highest BCUT2D eigenvalue weighted by Gasteiger charge is 2.48. The van der Waals surface area contributed by atoms with E-state index in [0.29, 0.717) is 12.8 Å². The number of aliphatic imine (C=N–C) groups is 1. The summed E-state index contributed by atoms with van der Waals surface area (Å²) in [5, 5.41) is 3.00. The summed E-state index contributed by atoms with van der Waals surface area (Å²) in [6.45, 7) is 2.87. The third kappa shape index (κ3) is 3.10. The predicted molar refractivity (Wildman–Crippen MR) is 90.6 cm³/mol. The van der Waals surface area contributed by atoms with Gasteiger partial charge in [0.1, 0.15) is 0 Å². The minimum atomic E-state index is -0.0449. The van der Waals surface area contributed by atoms with E-state index in [4.69, 9.17) is 6.42 Å². The van der Waals surface area contributed by atoms with Crippen molar-refractivity contribution in [1.29, 1.82) is 0 Å². The summed E-state index contributed by atoms with van der Waals surface area (Å²) in [7, 11) is 4.24. The number of amides is 1. The Morgan fingerprint density at radius 2 is 2.09 bits per heavy atom. The van der Waals surface area contributed by atoms with Gasteiger partial charge in [0, 0.05) is 25.6 Å². The number of allylic oxidation sites excluding steroid dienone is 1. The second-order valence-corrected chi connectivity index (χ2v) is 6.77. The van der Waals surface area contributed by atoms with Gasteiger partial charge in [0.2, 0.25) is 5.91 Å². The molecule has 0 atom stereocenters. The first-order valence-electron chi connectivity index (χ1n) is 8.05. The third-order valence-electron chi connectivity index (χ3n) is 5.38. The molecular weight excluding hydrogens is 274 g/mol. The van der Waals surface area contributed by atoms with Crippen LogP contribution < -0.4 is 5.32 Å². The molecule has 1 saturated heterocycles. The van der Waals surface area contributed by atoms with Gasteiger partial charge in [0.15, 0.2) is 0 Å². The minimum Gasteiger partial charge on any atom is -0.356 e. The number of nitrogens with one attached hydrogen (secondary N) is 1. The molecule has 120 valence electrons. The lowest BCUT2D eigenvalue weighted by Crippen LogP contribution is -2.50. The Morgan fingerprint density at radius 1 is 1.41 bits per heavy atom. The Balaban J connectivity index is 2.18. The molecule has 1 saturated carbocycles. The van der Waals surface area contributed by atoms with E-state index >= 15 is 0 Å². The lowest BCUT2D eigenvalue weighted by atomic mass is 9.65. The number of nitrogens with zero attached hydrogens (tertiary/aromatic N) is 2. The van der Waals surface area contributed by atoms with Gasteiger partial charge in [-0.05, 0) is 52.1 Å². The number of terminal acetylenes is 1. The van der Waals surface area contributed by atoms with Crippen LogP contribution in [-0.4, -0.2) is 43.2 Å². The van der Waals surface area contributed by atoms with Crippen molar-refractivity contribution >= 4 is 12.1 Å². The fourth-order valence-electron chi connectivity index (χ4n) is 3.89. The van der Waals surface area contributed by atoms with Gasteiger partial charge in [-0.25, -0.2) is 0 Å². The fourth-order valence-corrected chi connectivity index (χ4v) is 3.89. The van der Waals surface area contributed by atoms with Gasteiger partial charge in [0.25, 0.3) is 0 Å². The highest BCUT2D eigenvalue weighted by atomic mass is 16.1. The van der Waals surface area contributed by atoms with E-state index in [1.807, 2.05) is 13.1 Å². The molecular formula is C18H27N3O. The maximum atomic E-state index is 11.6. The molecule has 22 heavy (non-hydrogen) atoms. The van der Waals surface area contributed by atoms with E-state index in [2.05, 4.69) is 41.3 Å². The molecule has 0 aromatic carbocycles. The zero-order valence-corrected chi connectivity index (χ0v) is 14.0. The lowest BCUT2D eigenvalue weighted by Gasteiger charge is -2.48. The molecule has 1 heterocycles. The van der Waals surface area contributed by atoms with E-state index in [0.717, 1.165) is 37.9 Å². The molecule has 1 amide bonds. The van der Waals surface area contributed by atoms with Crippen molar-refractivity contribution in [1.82, 2.24) is 10.2 Å². The number of rotatable bonds is 4. The number of likely N-dealkylation sites (N-methyl/N-ethyl adjacent to an activating group) is 1. The van der Waals surface area contributed by atoms with E-state index in [-0.39, 0.29) is 16.9 Å². The van der Waals surface area contributed by atoms with Gasteiger partial charge in [-0.3, -0.25) is 14.7 Å². The summed E-state index contributed by atoms with van der Waals surface area (Å²) >= 11 is 0. The van der Waals surface area contributed by atoms with Crippen LogP contribution in [0.5, 0.6) is 0 Å². The monoisotopic (exact) mass is 301 g/mol. The van der Waals surface area contributed by atoms with Crippen molar-refractivity contribution in [3.05, 3.63) is 11.8 Å². The Labute approximate surface area is 134 Å². The Hall–Kier alpha value is -1.60. The van der Waals surface area contributed by atoms with E-state index in [9.17, 15) is 4.79 Å². The second-order valence-electron chi connectivity index (χ2n) is 6.77. The van der Waals surface area contributed by atoms with Gasteiger partial charge in [-0.1, -0.05) is 6.08 Å². The molecule has 2 fully saturated rings. The lowest BCUT2D eigenvalue weighted by molar-refractivity contribution is -0.119. The zero-order chi connectivity index (χ0) is 16.2. The molecule has 1 N–H and O–H groups in total. The quantitative estimate of drug-likeness (QED) is 0.640. The largest absolute Gasteiger partial charge is 0.356 e. The molecule has 0 aromatic heterocycles. The van der Waals surface area contributed by atoms with Crippen LogP contribution in [0, 0.1) is 17.8 Å². The van der Waals surface area contributed by atoms with Crippen molar-refractivity contribution in [2.75, 3.05) is 20.6 Å². The van der Waals surface area contributed by atoms with Crippen LogP contribution in [0.15, 0.2) is 16.8 Å². The van der Waals surface area contributed by atoms with E-state index in [1.165, 1.54) is 0 Å². The van der Waals surface area contributed by atoms with Crippen LogP contribution in [0.25, 0.3) is 0 Å². The molecule has 1 spiro atoms. The molecule has 1 aliphatic carbocycles. The molecule has 1 aliphatic heterocycles. The van der Waals surface area contributed by atoms with E-state index in [1.54, 1.807) is 0 Å². The third-order valence-corrected chi connectivity index (χ3v) is 5.38. The summed E-state index contributed by atoms with van der Waals surface area (Å²) in [5.74, 6) is 2.80. The van der Waals surface area contributed by atoms with Crippen molar-refractivity contribution < 1.29 is 4.79 Å². The van der Waals surface area contributed by atoms with Crippen LogP contribution in [0.1, 0.15) is 45.4 Å². The summed E-state index contributed by atoms with van der Waals surface area (Å²) in [6.07, 6.45) is 14.7. The maximum absolute atomic E-state index is 11.6. The summed E-state index contributed by atoms with van der Waals surface area (Å²) in [5.41, 5.74) is 1.22. The Morgan fingerprint density at radius 3 is 2.55 bits per heavy atom. The maximum Gasteiger partial charge on any atom is 0.220 e. The topological polar surface area (TPSA) is 44.7 Å². The van der Waals surface area contributed by atoms with Gasteiger partial charge in [-0.15, -0.1) is 12.3 Å². The molecule has 0 bridgehead atoms. The molecule has 2 aliphatic rings. The van der Waals surface area contributed by atoms with Crippen LogP contribution in [-0.2, 0) is 4.79 Å². The van der Waals surface area contributed by atoms with Crippen molar-refractivity contribution in [2.24, 2.45) is 10.4 Å². The highest BCUT2D eigenvalue weighted by Crippen LogP contribution is 2.49. The smallest absolute Gasteiger partial charge is 0.220 e. The molecule has 0 aromatic rings. The molecule has 4 heteroatoms.